The number of benzene rings is 1. The normalized spacial score (nSPS) is 31.0. The summed E-state index contributed by atoms with van der Waals surface area (Å²) in [6.07, 6.45) is 2.75. The summed E-state index contributed by atoms with van der Waals surface area (Å²) in [4.78, 5) is 14.5. The lowest BCUT2D eigenvalue weighted by Gasteiger charge is -2.39. The van der Waals surface area contributed by atoms with Crippen molar-refractivity contribution in [3.05, 3.63) is 35.6 Å². The highest BCUT2D eigenvalue weighted by atomic mass is 19.1. The number of halogens is 1. The molecule has 1 aromatic rings. The van der Waals surface area contributed by atoms with Crippen molar-refractivity contribution in [3.63, 3.8) is 0 Å². The minimum atomic E-state index is -0.575. The molecule has 5 nitrogen and oxygen atoms in total. The van der Waals surface area contributed by atoms with Crippen LogP contribution in [0.2, 0.25) is 0 Å². The molecule has 0 radical (unpaired) electrons. The molecule has 2 aliphatic heterocycles. The van der Waals surface area contributed by atoms with E-state index in [1.54, 1.807) is 12.1 Å². The van der Waals surface area contributed by atoms with Gasteiger partial charge in [0.15, 0.2) is 5.79 Å². The molecule has 4 rings (SSSR count). The second kappa shape index (κ2) is 6.57. The molecular weight excluding hydrogens is 323 g/mol. The van der Waals surface area contributed by atoms with E-state index in [0.717, 1.165) is 25.8 Å². The minimum Gasteiger partial charge on any atom is -0.347 e. The zero-order valence-corrected chi connectivity index (χ0v) is 14.5. The highest BCUT2D eigenvalue weighted by Crippen LogP contribution is 2.42. The van der Waals surface area contributed by atoms with Crippen LogP contribution in [0.15, 0.2) is 24.3 Å². The third kappa shape index (κ3) is 3.37. The monoisotopic (exact) mass is 348 g/mol. The van der Waals surface area contributed by atoms with Crippen LogP contribution in [0.1, 0.15) is 37.7 Å². The molecule has 3 unspecified atom stereocenters. The average molecular weight is 348 g/mol. The first kappa shape index (κ1) is 16.8. The maximum atomic E-state index is 13.9. The van der Waals surface area contributed by atoms with Gasteiger partial charge in [-0.05, 0) is 37.8 Å². The van der Waals surface area contributed by atoms with E-state index in [1.165, 1.54) is 6.07 Å². The summed E-state index contributed by atoms with van der Waals surface area (Å²) in [5.74, 6) is -0.486. The summed E-state index contributed by atoms with van der Waals surface area (Å²) in [6.45, 7) is 4.59. The number of carbonyl (C=O) groups is 1. The molecule has 1 aliphatic carbocycles. The highest BCUT2D eigenvalue weighted by Gasteiger charge is 2.45. The van der Waals surface area contributed by atoms with Crippen LogP contribution in [0.3, 0.4) is 0 Å². The van der Waals surface area contributed by atoms with Crippen molar-refractivity contribution < 1.29 is 18.7 Å². The van der Waals surface area contributed by atoms with Crippen molar-refractivity contribution in [1.82, 2.24) is 10.2 Å². The molecule has 0 spiro atoms. The SMILES string of the molecule is CC1(C2CCCN(C(=O)NC3CC3c3ccccc3F)C2)OCCO1. The van der Waals surface area contributed by atoms with Gasteiger partial charge in [0.2, 0.25) is 0 Å². The Labute approximate surface area is 147 Å². The molecule has 0 aromatic heterocycles. The lowest BCUT2D eigenvalue weighted by atomic mass is 9.90. The largest absolute Gasteiger partial charge is 0.347 e. The van der Waals surface area contributed by atoms with E-state index in [9.17, 15) is 9.18 Å². The molecule has 3 fully saturated rings. The minimum absolute atomic E-state index is 0.0272. The molecule has 3 atom stereocenters. The van der Waals surface area contributed by atoms with Gasteiger partial charge in [-0.15, -0.1) is 0 Å². The van der Waals surface area contributed by atoms with Gasteiger partial charge in [0.1, 0.15) is 5.82 Å². The average Bonchev–Trinajstić information content (AvgIpc) is 3.23. The summed E-state index contributed by atoms with van der Waals surface area (Å²) in [7, 11) is 0. The number of likely N-dealkylation sites (tertiary alicyclic amines) is 1. The fourth-order valence-corrected chi connectivity index (χ4v) is 4.08. The zero-order chi connectivity index (χ0) is 17.4. The topological polar surface area (TPSA) is 50.8 Å². The van der Waals surface area contributed by atoms with Crippen molar-refractivity contribution in [3.8, 4) is 0 Å². The summed E-state index contributed by atoms with van der Waals surface area (Å²) in [6, 6.07) is 6.78. The molecule has 1 aromatic carbocycles. The standard InChI is InChI=1S/C19H25FN2O3/c1-19(24-9-10-25-19)13-5-4-8-22(12-13)18(23)21-17-11-15(17)14-6-2-3-7-16(14)20/h2-3,6-7,13,15,17H,4-5,8-12H2,1H3,(H,21,23). The number of hydrogen-bond donors (Lipinski definition) is 1. The summed E-state index contributed by atoms with van der Waals surface area (Å²) in [5.41, 5.74) is 0.699. The quantitative estimate of drug-likeness (QED) is 0.914. The van der Waals surface area contributed by atoms with Gasteiger partial charge in [0.25, 0.3) is 0 Å². The van der Waals surface area contributed by atoms with Crippen LogP contribution in [0.5, 0.6) is 0 Å². The molecule has 2 saturated heterocycles. The van der Waals surface area contributed by atoms with E-state index in [-0.39, 0.29) is 29.7 Å². The van der Waals surface area contributed by atoms with E-state index < -0.39 is 5.79 Å². The smallest absolute Gasteiger partial charge is 0.317 e. The number of piperidine rings is 1. The Morgan fingerprint density at radius 2 is 2.08 bits per heavy atom. The fourth-order valence-electron chi connectivity index (χ4n) is 4.08. The maximum Gasteiger partial charge on any atom is 0.317 e. The Hall–Kier alpha value is -1.66. The zero-order valence-electron chi connectivity index (χ0n) is 14.5. The Kier molecular flexibility index (Phi) is 4.41. The van der Waals surface area contributed by atoms with Crippen LogP contribution < -0.4 is 5.32 Å². The van der Waals surface area contributed by atoms with Gasteiger partial charge in [-0.1, -0.05) is 18.2 Å². The van der Waals surface area contributed by atoms with Crippen molar-refractivity contribution in [1.29, 1.82) is 0 Å². The van der Waals surface area contributed by atoms with Crippen LogP contribution in [0, 0.1) is 11.7 Å². The molecule has 2 amide bonds. The Morgan fingerprint density at radius 1 is 1.32 bits per heavy atom. The number of nitrogens with zero attached hydrogens (tertiary/aromatic N) is 1. The second-order valence-electron chi connectivity index (χ2n) is 7.42. The Morgan fingerprint density at radius 3 is 2.84 bits per heavy atom. The van der Waals surface area contributed by atoms with Crippen LogP contribution in [0.25, 0.3) is 0 Å². The van der Waals surface area contributed by atoms with Gasteiger partial charge in [0.05, 0.1) is 13.2 Å². The van der Waals surface area contributed by atoms with Crippen LogP contribution in [0.4, 0.5) is 9.18 Å². The number of ether oxygens (including phenoxy) is 2. The molecule has 6 heteroatoms. The van der Waals surface area contributed by atoms with Gasteiger partial charge in [0, 0.05) is 31.0 Å². The summed E-state index contributed by atoms with van der Waals surface area (Å²) >= 11 is 0. The van der Waals surface area contributed by atoms with Crippen LogP contribution >= 0.6 is 0 Å². The lowest BCUT2D eigenvalue weighted by Crippen LogP contribution is -2.51. The Balaban J connectivity index is 1.33. The van der Waals surface area contributed by atoms with Gasteiger partial charge >= 0.3 is 6.03 Å². The summed E-state index contributed by atoms with van der Waals surface area (Å²) < 4.78 is 25.4. The molecular formula is C19H25FN2O3. The van der Waals surface area contributed by atoms with E-state index in [1.807, 2.05) is 17.9 Å². The summed E-state index contributed by atoms with van der Waals surface area (Å²) in [5, 5.41) is 3.06. The fraction of sp³-hybridized carbons (Fsp3) is 0.632. The number of nitrogens with one attached hydrogen (secondary N) is 1. The first-order chi connectivity index (χ1) is 12.1. The molecule has 2 heterocycles. The van der Waals surface area contributed by atoms with Crippen LogP contribution in [-0.2, 0) is 9.47 Å². The third-order valence-corrected chi connectivity index (χ3v) is 5.71. The number of rotatable bonds is 3. The van der Waals surface area contributed by atoms with Crippen molar-refractivity contribution in [2.45, 2.75) is 43.9 Å². The van der Waals surface area contributed by atoms with Gasteiger partial charge < -0.3 is 19.7 Å². The van der Waals surface area contributed by atoms with E-state index in [0.29, 0.717) is 25.3 Å². The van der Waals surface area contributed by atoms with Crippen molar-refractivity contribution in [2.24, 2.45) is 5.92 Å². The lowest BCUT2D eigenvalue weighted by molar-refractivity contribution is -0.189. The van der Waals surface area contributed by atoms with Crippen molar-refractivity contribution in [2.75, 3.05) is 26.3 Å². The highest BCUT2D eigenvalue weighted by molar-refractivity contribution is 5.75. The molecule has 1 N–H and O–H groups in total. The molecule has 0 bridgehead atoms. The first-order valence-electron chi connectivity index (χ1n) is 9.14. The van der Waals surface area contributed by atoms with Gasteiger partial charge in [-0.25, -0.2) is 9.18 Å². The maximum absolute atomic E-state index is 13.9. The predicted molar refractivity (Wildman–Crippen MR) is 90.7 cm³/mol. The van der Waals surface area contributed by atoms with E-state index >= 15 is 0 Å². The number of urea groups is 1. The molecule has 25 heavy (non-hydrogen) atoms. The predicted octanol–water partition coefficient (Wildman–Crippen LogP) is 2.87. The number of hydrogen-bond acceptors (Lipinski definition) is 3. The molecule has 1 saturated carbocycles. The van der Waals surface area contributed by atoms with Gasteiger partial charge in [-0.2, -0.15) is 0 Å². The first-order valence-corrected chi connectivity index (χ1v) is 9.14. The number of carbonyl (C=O) groups excluding carboxylic acids is 1. The number of amides is 2. The van der Waals surface area contributed by atoms with Gasteiger partial charge in [-0.3, -0.25) is 0 Å². The molecule has 3 aliphatic rings. The molecule has 136 valence electrons. The Bertz CT molecular complexity index is 647. The van der Waals surface area contributed by atoms with Crippen LogP contribution in [-0.4, -0.2) is 49.1 Å². The van der Waals surface area contributed by atoms with Crippen molar-refractivity contribution >= 4 is 6.03 Å². The second-order valence-corrected chi connectivity index (χ2v) is 7.42. The third-order valence-electron chi connectivity index (χ3n) is 5.71. The van der Waals surface area contributed by atoms with E-state index in [2.05, 4.69) is 5.32 Å². The van der Waals surface area contributed by atoms with E-state index in [4.69, 9.17) is 9.47 Å².